The van der Waals surface area contributed by atoms with Gasteiger partial charge in [-0.25, -0.2) is 0 Å². The van der Waals surface area contributed by atoms with Crippen LogP contribution in [0.15, 0.2) is 66.9 Å². The van der Waals surface area contributed by atoms with E-state index in [-0.39, 0.29) is 0 Å². The zero-order valence-electron chi connectivity index (χ0n) is 20.2. The van der Waals surface area contributed by atoms with E-state index in [9.17, 15) is 0 Å². The number of hydrogen-bond acceptors (Lipinski definition) is 8. The molecule has 0 spiro atoms. The van der Waals surface area contributed by atoms with E-state index in [2.05, 4.69) is 45.2 Å². The van der Waals surface area contributed by atoms with Crippen LogP contribution in [0.5, 0.6) is 5.75 Å². The number of anilines is 2. The summed E-state index contributed by atoms with van der Waals surface area (Å²) in [5.41, 5.74) is 3.07. The molecule has 8 heteroatoms. The summed E-state index contributed by atoms with van der Waals surface area (Å²) in [6.07, 6.45) is 1.94. The molecule has 4 aromatic rings. The quantitative estimate of drug-likeness (QED) is 0.408. The van der Waals surface area contributed by atoms with E-state index >= 15 is 0 Å². The first-order valence-corrected chi connectivity index (χ1v) is 12.4. The van der Waals surface area contributed by atoms with E-state index < -0.39 is 0 Å². The SMILES string of the molecule is c1ccc(COc2ccc(-c3cc4c(N5CCOCC5)nnc(N5CCOCC5)c4cn3)cc2)cc1. The molecule has 0 radical (unpaired) electrons. The molecule has 8 nitrogen and oxygen atoms in total. The number of nitrogens with zero attached hydrogens (tertiary/aromatic N) is 5. The molecule has 0 bridgehead atoms. The summed E-state index contributed by atoms with van der Waals surface area (Å²) >= 11 is 0. The summed E-state index contributed by atoms with van der Waals surface area (Å²) in [7, 11) is 0. The summed E-state index contributed by atoms with van der Waals surface area (Å²) in [6, 6.07) is 20.4. The van der Waals surface area contributed by atoms with Gasteiger partial charge in [0.15, 0.2) is 11.6 Å². The highest BCUT2D eigenvalue weighted by molar-refractivity contribution is 6.00. The molecule has 0 saturated carbocycles. The minimum atomic E-state index is 0.542. The summed E-state index contributed by atoms with van der Waals surface area (Å²) < 4.78 is 17.1. The molecule has 2 aromatic carbocycles. The number of benzene rings is 2. The van der Waals surface area contributed by atoms with Gasteiger partial charge in [-0.1, -0.05) is 30.3 Å². The van der Waals surface area contributed by atoms with Crippen LogP contribution in [0.25, 0.3) is 22.0 Å². The fraction of sp³-hybridized carbons (Fsp3) is 0.321. The zero-order chi connectivity index (χ0) is 24.2. The Labute approximate surface area is 210 Å². The molecule has 6 rings (SSSR count). The maximum absolute atomic E-state index is 5.96. The molecule has 0 atom stereocenters. The molecular weight excluding hydrogens is 454 g/mol. The van der Waals surface area contributed by atoms with E-state index in [1.54, 1.807) is 0 Å². The Balaban J connectivity index is 1.31. The first-order chi connectivity index (χ1) is 17.8. The highest BCUT2D eigenvalue weighted by Crippen LogP contribution is 2.34. The van der Waals surface area contributed by atoms with E-state index in [1.165, 1.54) is 0 Å². The number of hydrogen-bond donors (Lipinski definition) is 0. The third-order valence-electron chi connectivity index (χ3n) is 6.64. The van der Waals surface area contributed by atoms with Crippen molar-refractivity contribution in [1.82, 2.24) is 15.2 Å². The van der Waals surface area contributed by atoms with Gasteiger partial charge in [0, 0.05) is 48.7 Å². The van der Waals surface area contributed by atoms with Crippen LogP contribution >= 0.6 is 0 Å². The van der Waals surface area contributed by atoms with Gasteiger partial charge in [0.05, 0.1) is 32.1 Å². The maximum atomic E-state index is 5.96. The van der Waals surface area contributed by atoms with Gasteiger partial charge in [-0.15, -0.1) is 10.2 Å². The lowest BCUT2D eigenvalue weighted by atomic mass is 10.1. The molecule has 4 heterocycles. The Hall–Kier alpha value is -3.75. The van der Waals surface area contributed by atoms with Gasteiger partial charge < -0.3 is 24.0 Å². The Bertz CT molecular complexity index is 1300. The lowest BCUT2D eigenvalue weighted by molar-refractivity contribution is 0.122. The average molecular weight is 484 g/mol. The van der Waals surface area contributed by atoms with Gasteiger partial charge in [-0.05, 0) is 35.9 Å². The molecule has 36 heavy (non-hydrogen) atoms. The maximum Gasteiger partial charge on any atom is 0.161 e. The summed E-state index contributed by atoms with van der Waals surface area (Å²) in [6.45, 7) is 6.50. The van der Waals surface area contributed by atoms with Crippen molar-refractivity contribution in [3.8, 4) is 17.0 Å². The highest BCUT2D eigenvalue weighted by atomic mass is 16.5. The van der Waals surface area contributed by atoms with Crippen LogP contribution in [0.3, 0.4) is 0 Å². The predicted octanol–water partition coefficient (Wildman–Crippen LogP) is 3.94. The van der Waals surface area contributed by atoms with Gasteiger partial charge in [0.1, 0.15) is 12.4 Å². The van der Waals surface area contributed by atoms with Crippen LogP contribution in [0.1, 0.15) is 5.56 Å². The summed E-state index contributed by atoms with van der Waals surface area (Å²) in [4.78, 5) is 9.33. The van der Waals surface area contributed by atoms with Crippen molar-refractivity contribution in [2.75, 3.05) is 62.4 Å². The third-order valence-corrected chi connectivity index (χ3v) is 6.64. The van der Waals surface area contributed by atoms with E-state index in [4.69, 9.17) is 24.3 Å². The summed E-state index contributed by atoms with van der Waals surface area (Å²) in [5, 5.41) is 11.4. The van der Waals surface area contributed by atoms with Crippen LogP contribution in [-0.2, 0) is 16.1 Å². The molecule has 184 valence electrons. The minimum absolute atomic E-state index is 0.542. The lowest BCUT2D eigenvalue weighted by Gasteiger charge is -2.31. The second-order valence-electron chi connectivity index (χ2n) is 8.96. The molecule has 2 aliphatic heterocycles. The molecule has 0 unspecified atom stereocenters. The number of aromatic nitrogens is 3. The van der Waals surface area contributed by atoms with Gasteiger partial charge >= 0.3 is 0 Å². The number of pyridine rings is 1. The van der Waals surface area contributed by atoms with Crippen molar-refractivity contribution >= 4 is 22.4 Å². The Morgan fingerprint density at radius 3 is 1.97 bits per heavy atom. The molecule has 2 aliphatic rings. The molecular formula is C28H29N5O3. The number of fused-ring (bicyclic) bond motifs is 1. The summed E-state index contributed by atoms with van der Waals surface area (Å²) in [5.74, 6) is 2.59. The fourth-order valence-electron chi connectivity index (χ4n) is 4.66. The van der Waals surface area contributed by atoms with E-state index in [0.29, 0.717) is 33.0 Å². The van der Waals surface area contributed by atoms with Gasteiger partial charge in [0.25, 0.3) is 0 Å². The van der Waals surface area contributed by atoms with Gasteiger partial charge in [0.2, 0.25) is 0 Å². The van der Waals surface area contributed by atoms with Crippen molar-refractivity contribution in [2.45, 2.75) is 6.61 Å². The monoisotopic (exact) mass is 483 g/mol. The van der Waals surface area contributed by atoms with Crippen molar-refractivity contribution in [3.05, 3.63) is 72.4 Å². The fourth-order valence-corrected chi connectivity index (χ4v) is 4.66. The number of morpholine rings is 2. The average Bonchev–Trinajstić information content (AvgIpc) is 2.97. The van der Waals surface area contributed by atoms with Crippen LogP contribution in [0, 0.1) is 0 Å². The Kier molecular flexibility index (Phi) is 6.60. The lowest BCUT2D eigenvalue weighted by Crippen LogP contribution is -2.38. The van der Waals surface area contributed by atoms with Crippen molar-refractivity contribution in [2.24, 2.45) is 0 Å². The van der Waals surface area contributed by atoms with E-state index in [0.717, 1.165) is 71.2 Å². The zero-order valence-corrected chi connectivity index (χ0v) is 20.2. The molecule has 0 amide bonds. The molecule has 2 saturated heterocycles. The van der Waals surface area contributed by atoms with Crippen molar-refractivity contribution in [1.29, 1.82) is 0 Å². The Morgan fingerprint density at radius 1 is 0.722 bits per heavy atom. The Morgan fingerprint density at radius 2 is 1.33 bits per heavy atom. The normalized spacial score (nSPS) is 16.3. The van der Waals surface area contributed by atoms with E-state index in [1.807, 2.05) is 36.5 Å². The number of ether oxygens (including phenoxy) is 3. The topological polar surface area (TPSA) is 72.8 Å². The van der Waals surface area contributed by atoms with Crippen molar-refractivity contribution in [3.63, 3.8) is 0 Å². The first kappa shape index (κ1) is 22.7. The van der Waals surface area contributed by atoms with Gasteiger partial charge in [-0.2, -0.15) is 0 Å². The molecule has 0 aliphatic carbocycles. The van der Waals surface area contributed by atoms with Gasteiger partial charge in [-0.3, -0.25) is 4.98 Å². The molecule has 0 N–H and O–H groups in total. The third kappa shape index (κ3) is 4.82. The van der Waals surface area contributed by atoms with Crippen LogP contribution in [0.2, 0.25) is 0 Å². The number of rotatable bonds is 6. The van der Waals surface area contributed by atoms with Crippen LogP contribution < -0.4 is 14.5 Å². The predicted molar refractivity (Wildman–Crippen MR) is 140 cm³/mol. The minimum Gasteiger partial charge on any atom is -0.489 e. The standard InChI is InChI=1S/C28H29N5O3/c1-2-4-21(5-3-1)20-36-23-8-6-22(7-9-23)26-18-24-25(19-29-26)28(33-12-16-35-17-13-33)31-30-27(24)32-10-14-34-15-11-32/h1-9,18-19H,10-17,20H2. The largest absolute Gasteiger partial charge is 0.489 e. The second kappa shape index (κ2) is 10.5. The second-order valence-corrected chi connectivity index (χ2v) is 8.96. The highest BCUT2D eigenvalue weighted by Gasteiger charge is 2.22. The molecule has 2 fully saturated rings. The van der Waals surface area contributed by atoms with Crippen molar-refractivity contribution < 1.29 is 14.2 Å². The first-order valence-electron chi connectivity index (χ1n) is 12.4. The molecule has 2 aromatic heterocycles. The van der Waals surface area contributed by atoms with Crippen LogP contribution in [-0.4, -0.2) is 67.8 Å². The van der Waals surface area contributed by atoms with Crippen LogP contribution in [0.4, 0.5) is 11.6 Å². The smallest absolute Gasteiger partial charge is 0.161 e.